The van der Waals surface area contributed by atoms with Crippen molar-refractivity contribution in [2.75, 3.05) is 23.2 Å². The average molecular weight is 280 g/mol. The van der Waals surface area contributed by atoms with Crippen LogP contribution in [0.2, 0.25) is 0 Å². The van der Waals surface area contributed by atoms with Gasteiger partial charge >= 0.3 is 0 Å². The van der Waals surface area contributed by atoms with E-state index >= 15 is 0 Å². The predicted octanol–water partition coefficient (Wildman–Crippen LogP) is 3.68. The Balaban J connectivity index is 1.74. The largest absolute Gasteiger partial charge is 0.356 e. The standard InChI is InChI=1S/C18H20N2O/c1-3-9-16(10-4-1)19-14-15-8-7-13-21-18(15)20(19)17-11-5-2-6-12-17/h1-6,9-12,15,18H,7-8,13-14H2/t15-,18-/m0/s1. The molecule has 4 rings (SSSR count). The number of hydrogen-bond donors (Lipinski definition) is 0. The Morgan fingerprint density at radius 2 is 1.52 bits per heavy atom. The Morgan fingerprint density at radius 3 is 2.24 bits per heavy atom. The molecule has 2 heterocycles. The highest BCUT2D eigenvalue weighted by Gasteiger charge is 2.42. The summed E-state index contributed by atoms with van der Waals surface area (Å²) in [5.41, 5.74) is 2.44. The third-order valence-electron chi connectivity index (χ3n) is 4.39. The molecule has 3 nitrogen and oxygen atoms in total. The number of nitrogens with zero attached hydrogens (tertiary/aromatic N) is 2. The summed E-state index contributed by atoms with van der Waals surface area (Å²) >= 11 is 0. The van der Waals surface area contributed by atoms with Crippen molar-refractivity contribution in [2.24, 2.45) is 5.92 Å². The van der Waals surface area contributed by atoms with E-state index in [2.05, 4.69) is 70.7 Å². The Kier molecular flexibility index (Phi) is 3.28. The Morgan fingerprint density at radius 1 is 0.857 bits per heavy atom. The molecule has 2 aromatic rings. The number of benzene rings is 2. The molecule has 0 bridgehead atoms. The minimum absolute atomic E-state index is 0.168. The molecular formula is C18H20N2O. The van der Waals surface area contributed by atoms with Gasteiger partial charge in [-0.1, -0.05) is 36.4 Å². The quantitative estimate of drug-likeness (QED) is 0.834. The molecule has 3 heteroatoms. The number of anilines is 2. The van der Waals surface area contributed by atoms with Crippen LogP contribution in [-0.2, 0) is 4.74 Å². The first kappa shape index (κ1) is 12.7. The number of fused-ring (bicyclic) bond motifs is 1. The zero-order chi connectivity index (χ0) is 14.1. The summed E-state index contributed by atoms with van der Waals surface area (Å²) < 4.78 is 6.10. The molecule has 2 aliphatic heterocycles. The number of rotatable bonds is 2. The Labute approximate surface area is 125 Å². The summed E-state index contributed by atoms with van der Waals surface area (Å²) in [6.45, 7) is 1.90. The van der Waals surface area contributed by atoms with Crippen molar-refractivity contribution in [3.8, 4) is 0 Å². The first-order valence-electron chi connectivity index (χ1n) is 7.72. The second-order valence-electron chi connectivity index (χ2n) is 5.76. The van der Waals surface area contributed by atoms with Gasteiger partial charge in [0.2, 0.25) is 0 Å². The minimum Gasteiger partial charge on any atom is -0.356 e. The number of hydrogen-bond acceptors (Lipinski definition) is 3. The lowest BCUT2D eigenvalue weighted by Crippen LogP contribution is -2.44. The van der Waals surface area contributed by atoms with Gasteiger partial charge in [0.15, 0.2) is 6.23 Å². The van der Waals surface area contributed by atoms with Crippen molar-refractivity contribution in [1.82, 2.24) is 0 Å². The van der Waals surface area contributed by atoms with Gasteiger partial charge in [-0.3, -0.25) is 10.0 Å². The topological polar surface area (TPSA) is 15.7 Å². The fourth-order valence-corrected chi connectivity index (χ4v) is 3.42. The lowest BCUT2D eigenvalue weighted by molar-refractivity contribution is -0.00515. The van der Waals surface area contributed by atoms with Crippen LogP contribution in [0.5, 0.6) is 0 Å². The van der Waals surface area contributed by atoms with E-state index in [9.17, 15) is 0 Å². The maximum absolute atomic E-state index is 6.10. The van der Waals surface area contributed by atoms with Gasteiger partial charge in [0, 0.05) is 19.1 Å². The van der Waals surface area contributed by atoms with E-state index in [1.165, 1.54) is 24.2 Å². The molecule has 0 unspecified atom stereocenters. The van der Waals surface area contributed by atoms with Gasteiger partial charge in [0.1, 0.15) is 0 Å². The maximum atomic E-state index is 6.10. The predicted molar refractivity (Wildman–Crippen MR) is 85.2 cm³/mol. The molecule has 0 saturated carbocycles. The second-order valence-corrected chi connectivity index (χ2v) is 5.76. The first-order valence-corrected chi connectivity index (χ1v) is 7.72. The summed E-state index contributed by atoms with van der Waals surface area (Å²) in [6.07, 6.45) is 2.59. The number of para-hydroxylation sites is 2. The maximum Gasteiger partial charge on any atom is 0.153 e. The lowest BCUT2D eigenvalue weighted by Gasteiger charge is -2.36. The van der Waals surface area contributed by atoms with Crippen LogP contribution in [-0.4, -0.2) is 19.4 Å². The summed E-state index contributed by atoms with van der Waals surface area (Å²) in [6, 6.07) is 21.2. The summed E-state index contributed by atoms with van der Waals surface area (Å²) in [7, 11) is 0. The van der Waals surface area contributed by atoms with Crippen molar-refractivity contribution < 1.29 is 4.74 Å². The van der Waals surface area contributed by atoms with Crippen LogP contribution >= 0.6 is 0 Å². The lowest BCUT2D eigenvalue weighted by atomic mass is 10.0. The molecule has 0 aliphatic carbocycles. The highest BCUT2D eigenvalue weighted by Crippen LogP contribution is 2.38. The van der Waals surface area contributed by atoms with Gasteiger partial charge in [-0.2, -0.15) is 0 Å². The van der Waals surface area contributed by atoms with Crippen LogP contribution in [0.15, 0.2) is 60.7 Å². The molecule has 0 radical (unpaired) electrons. The highest BCUT2D eigenvalue weighted by atomic mass is 16.5. The van der Waals surface area contributed by atoms with E-state index in [-0.39, 0.29) is 6.23 Å². The fourth-order valence-electron chi connectivity index (χ4n) is 3.42. The van der Waals surface area contributed by atoms with Gasteiger partial charge in [-0.25, -0.2) is 0 Å². The summed E-state index contributed by atoms with van der Waals surface area (Å²) in [5, 5.41) is 4.70. The third kappa shape index (κ3) is 2.28. The molecule has 2 aromatic carbocycles. The van der Waals surface area contributed by atoms with E-state index in [1.54, 1.807) is 0 Å². The van der Waals surface area contributed by atoms with Crippen molar-refractivity contribution in [3.05, 3.63) is 60.7 Å². The number of ether oxygens (including phenoxy) is 1. The van der Waals surface area contributed by atoms with E-state index in [1.807, 2.05) is 0 Å². The smallest absolute Gasteiger partial charge is 0.153 e. The van der Waals surface area contributed by atoms with Crippen LogP contribution in [0.25, 0.3) is 0 Å². The van der Waals surface area contributed by atoms with Gasteiger partial charge in [0.05, 0.1) is 11.4 Å². The third-order valence-corrected chi connectivity index (χ3v) is 4.39. The normalized spacial score (nSPS) is 25.0. The molecule has 2 atom stereocenters. The van der Waals surface area contributed by atoms with Crippen LogP contribution in [0.3, 0.4) is 0 Å². The molecule has 21 heavy (non-hydrogen) atoms. The Hall–Kier alpha value is -2.00. The Bertz CT molecular complexity index is 587. The summed E-state index contributed by atoms with van der Waals surface area (Å²) in [4.78, 5) is 0. The van der Waals surface area contributed by atoms with Crippen LogP contribution < -0.4 is 10.0 Å². The molecule has 108 valence electrons. The van der Waals surface area contributed by atoms with Gasteiger partial charge in [-0.15, -0.1) is 0 Å². The molecule has 2 aliphatic rings. The van der Waals surface area contributed by atoms with Crippen LogP contribution in [0.4, 0.5) is 11.4 Å². The molecule has 0 aromatic heterocycles. The zero-order valence-electron chi connectivity index (χ0n) is 12.1. The van der Waals surface area contributed by atoms with Gasteiger partial charge in [-0.05, 0) is 37.1 Å². The minimum atomic E-state index is 0.168. The van der Waals surface area contributed by atoms with E-state index in [4.69, 9.17) is 4.74 Å². The van der Waals surface area contributed by atoms with Crippen LogP contribution in [0, 0.1) is 5.92 Å². The fraction of sp³-hybridized carbons (Fsp3) is 0.333. The number of hydrazine groups is 1. The highest BCUT2D eigenvalue weighted by molar-refractivity contribution is 5.60. The van der Waals surface area contributed by atoms with Crippen molar-refractivity contribution >= 4 is 11.4 Å². The van der Waals surface area contributed by atoms with Gasteiger partial charge < -0.3 is 4.74 Å². The molecule has 2 fully saturated rings. The molecule has 2 saturated heterocycles. The first-order chi connectivity index (χ1) is 10.4. The SMILES string of the molecule is c1ccc(N2C[C@@H]3CCCO[C@@H]3N2c2ccccc2)cc1. The second kappa shape index (κ2) is 5.41. The van der Waals surface area contributed by atoms with E-state index in [0.29, 0.717) is 5.92 Å². The average Bonchev–Trinajstić information content (AvgIpc) is 2.96. The van der Waals surface area contributed by atoms with Crippen molar-refractivity contribution in [2.45, 2.75) is 19.1 Å². The molecule has 0 amide bonds. The van der Waals surface area contributed by atoms with Gasteiger partial charge in [0.25, 0.3) is 0 Å². The van der Waals surface area contributed by atoms with E-state index in [0.717, 1.165) is 13.2 Å². The van der Waals surface area contributed by atoms with Crippen LogP contribution in [0.1, 0.15) is 12.8 Å². The van der Waals surface area contributed by atoms with E-state index < -0.39 is 0 Å². The summed E-state index contributed by atoms with van der Waals surface area (Å²) in [5.74, 6) is 0.583. The monoisotopic (exact) mass is 280 g/mol. The molecule has 0 N–H and O–H groups in total. The molecular weight excluding hydrogens is 260 g/mol. The zero-order valence-corrected chi connectivity index (χ0v) is 12.1. The molecule has 0 spiro atoms. The van der Waals surface area contributed by atoms with Crippen molar-refractivity contribution in [3.63, 3.8) is 0 Å². The van der Waals surface area contributed by atoms with Crippen molar-refractivity contribution in [1.29, 1.82) is 0 Å².